The van der Waals surface area contributed by atoms with Gasteiger partial charge in [0.15, 0.2) is 5.82 Å². The number of rotatable bonds is 4. The van der Waals surface area contributed by atoms with Crippen molar-refractivity contribution < 1.29 is 22.1 Å². The Hall–Kier alpha value is -1.32. The summed E-state index contributed by atoms with van der Waals surface area (Å²) in [6.45, 7) is 4.11. The van der Waals surface area contributed by atoms with Crippen LogP contribution in [0.2, 0.25) is 0 Å². The molecule has 7 nitrogen and oxygen atoms in total. The first kappa shape index (κ1) is 16.1. The highest BCUT2D eigenvalue weighted by Crippen LogP contribution is 2.23. The summed E-state index contributed by atoms with van der Waals surface area (Å²) in [4.78, 5) is 9.26. The summed E-state index contributed by atoms with van der Waals surface area (Å²) in [6, 6.07) is 0. The molecule has 1 aromatic heterocycles. The van der Waals surface area contributed by atoms with Gasteiger partial charge in [0.05, 0.1) is 24.6 Å². The number of hydrogen-bond donors (Lipinski definition) is 1. The van der Waals surface area contributed by atoms with Gasteiger partial charge in [0.2, 0.25) is 5.95 Å². The highest BCUT2D eigenvalue weighted by Gasteiger charge is 2.36. The van der Waals surface area contributed by atoms with Crippen molar-refractivity contribution in [1.82, 2.24) is 9.97 Å². The molecule has 1 saturated heterocycles. The molecule has 0 radical (unpaired) electrons. The molecule has 9 heteroatoms. The molecule has 0 unspecified atom stereocenters. The predicted molar refractivity (Wildman–Crippen MR) is 74.2 cm³/mol. The first-order chi connectivity index (χ1) is 9.75. The Bertz CT molecular complexity index is 579. The van der Waals surface area contributed by atoms with E-state index in [1.807, 2.05) is 13.8 Å². The van der Waals surface area contributed by atoms with Crippen molar-refractivity contribution in [1.29, 1.82) is 0 Å². The Balaban J connectivity index is 2.21. The van der Waals surface area contributed by atoms with E-state index in [9.17, 15) is 17.4 Å². The normalized spacial score (nSPS) is 23.6. The molecule has 0 saturated carbocycles. The molecule has 2 atom stereocenters. The smallest absolute Gasteiger partial charge is 0.269 e. The minimum Gasteiger partial charge on any atom is -0.374 e. The lowest BCUT2D eigenvalue weighted by Crippen LogP contribution is -2.50. The number of aromatic nitrogens is 2. The molecule has 118 valence electrons. The van der Waals surface area contributed by atoms with Gasteiger partial charge < -0.3 is 9.64 Å². The van der Waals surface area contributed by atoms with Crippen molar-refractivity contribution in [2.45, 2.75) is 37.7 Å². The summed E-state index contributed by atoms with van der Waals surface area (Å²) in [5.41, 5.74) is 0. The number of nitrogens with zero attached hydrogens (tertiary/aromatic N) is 3. The van der Waals surface area contributed by atoms with Crippen LogP contribution in [0.5, 0.6) is 0 Å². The van der Waals surface area contributed by atoms with Crippen LogP contribution in [0, 0.1) is 5.82 Å². The molecule has 1 aliphatic heterocycles. The van der Waals surface area contributed by atoms with Gasteiger partial charge >= 0.3 is 0 Å². The molecule has 0 spiro atoms. The Kier molecular flexibility index (Phi) is 4.74. The van der Waals surface area contributed by atoms with E-state index in [0.29, 0.717) is 6.54 Å². The molecular weight excluding hydrogens is 301 g/mol. The van der Waals surface area contributed by atoms with Gasteiger partial charge in [-0.1, -0.05) is 0 Å². The van der Waals surface area contributed by atoms with Gasteiger partial charge in [-0.3, -0.25) is 4.55 Å². The summed E-state index contributed by atoms with van der Waals surface area (Å²) in [5, 5.41) is -0.983. The van der Waals surface area contributed by atoms with E-state index in [0.717, 1.165) is 12.4 Å². The number of anilines is 1. The zero-order chi connectivity index (χ0) is 15.6. The SMILES string of the molecule is CC(C)O[C@@H]1C[C@H](S(=O)(=O)O)CN(c2ncc(F)cn2)C1. The highest BCUT2D eigenvalue weighted by molar-refractivity contribution is 7.86. The second kappa shape index (κ2) is 6.20. The zero-order valence-electron chi connectivity index (χ0n) is 11.8. The van der Waals surface area contributed by atoms with E-state index in [2.05, 4.69) is 9.97 Å². The molecule has 2 rings (SSSR count). The van der Waals surface area contributed by atoms with E-state index < -0.39 is 21.2 Å². The maximum Gasteiger partial charge on any atom is 0.269 e. The summed E-state index contributed by atoms with van der Waals surface area (Å²) >= 11 is 0. The lowest BCUT2D eigenvalue weighted by atomic mass is 10.1. The fraction of sp³-hybridized carbons (Fsp3) is 0.667. The quantitative estimate of drug-likeness (QED) is 0.823. The van der Waals surface area contributed by atoms with Gasteiger partial charge in [-0.2, -0.15) is 8.42 Å². The maximum absolute atomic E-state index is 12.9. The Morgan fingerprint density at radius 3 is 2.52 bits per heavy atom. The van der Waals surface area contributed by atoms with Crippen molar-refractivity contribution >= 4 is 16.1 Å². The minimum atomic E-state index is -4.19. The molecule has 0 amide bonds. The number of ether oxygens (including phenoxy) is 1. The molecular formula is C12H18FN3O4S. The molecule has 1 fully saturated rings. The monoisotopic (exact) mass is 319 g/mol. The van der Waals surface area contributed by atoms with Crippen molar-refractivity contribution in [3.05, 3.63) is 18.2 Å². The standard InChI is InChI=1S/C12H18FN3O4S/c1-8(2)20-10-3-11(21(17,18)19)7-16(6-10)12-14-4-9(13)5-15-12/h4-5,8,10-11H,3,6-7H2,1-2H3,(H,17,18,19)/t10-,11+/m1/s1. The average Bonchev–Trinajstić information content (AvgIpc) is 2.37. The van der Waals surface area contributed by atoms with Crippen LogP contribution in [0.15, 0.2) is 12.4 Å². The van der Waals surface area contributed by atoms with E-state index >= 15 is 0 Å². The van der Waals surface area contributed by atoms with Crippen LogP contribution in [0.1, 0.15) is 20.3 Å². The van der Waals surface area contributed by atoms with Crippen LogP contribution in [0.25, 0.3) is 0 Å². The fourth-order valence-corrected chi connectivity index (χ4v) is 3.17. The topological polar surface area (TPSA) is 92.6 Å². The van der Waals surface area contributed by atoms with Gasteiger partial charge in [-0.15, -0.1) is 0 Å². The third-order valence-electron chi connectivity index (χ3n) is 3.15. The highest BCUT2D eigenvalue weighted by atomic mass is 32.2. The van der Waals surface area contributed by atoms with E-state index in [1.165, 1.54) is 0 Å². The van der Waals surface area contributed by atoms with Crippen molar-refractivity contribution in [3.63, 3.8) is 0 Å². The number of halogens is 1. The molecule has 21 heavy (non-hydrogen) atoms. The molecule has 2 heterocycles. The van der Waals surface area contributed by atoms with Crippen LogP contribution >= 0.6 is 0 Å². The first-order valence-corrected chi connectivity index (χ1v) is 8.10. The van der Waals surface area contributed by atoms with Crippen molar-refractivity contribution in [2.75, 3.05) is 18.0 Å². The van der Waals surface area contributed by atoms with Gasteiger partial charge in [-0.05, 0) is 20.3 Å². The Morgan fingerprint density at radius 1 is 1.38 bits per heavy atom. The zero-order valence-corrected chi connectivity index (χ0v) is 12.6. The largest absolute Gasteiger partial charge is 0.374 e. The van der Waals surface area contributed by atoms with E-state index in [1.54, 1.807) is 4.90 Å². The Labute approximate surface area is 122 Å². The van der Waals surface area contributed by atoms with Gasteiger partial charge in [0.1, 0.15) is 5.25 Å². The third-order valence-corrected chi connectivity index (χ3v) is 4.33. The lowest BCUT2D eigenvalue weighted by molar-refractivity contribution is 0.00105. The van der Waals surface area contributed by atoms with Gasteiger partial charge in [0.25, 0.3) is 10.1 Å². The van der Waals surface area contributed by atoms with Gasteiger partial charge in [0, 0.05) is 13.1 Å². The summed E-state index contributed by atoms with van der Waals surface area (Å²) in [5.74, 6) is -0.362. The second-order valence-electron chi connectivity index (χ2n) is 5.29. The molecule has 0 aliphatic carbocycles. The molecule has 1 aromatic rings. The molecule has 0 aromatic carbocycles. The van der Waals surface area contributed by atoms with Crippen LogP contribution in [-0.2, 0) is 14.9 Å². The summed E-state index contributed by atoms with van der Waals surface area (Å²) in [6.07, 6.45) is 1.77. The molecule has 0 bridgehead atoms. The second-order valence-corrected chi connectivity index (χ2v) is 6.98. The van der Waals surface area contributed by atoms with Crippen LogP contribution in [0.4, 0.5) is 10.3 Å². The predicted octanol–water partition coefficient (Wildman–Crippen LogP) is 0.876. The molecule has 1 N–H and O–H groups in total. The van der Waals surface area contributed by atoms with Crippen molar-refractivity contribution in [3.8, 4) is 0 Å². The fourth-order valence-electron chi connectivity index (χ4n) is 2.34. The average molecular weight is 319 g/mol. The van der Waals surface area contributed by atoms with E-state index in [-0.39, 0.29) is 31.1 Å². The lowest BCUT2D eigenvalue weighted by Gasteiger charge is -2.36. The third kappa shape index (κ3) is 4.32. The maximum atomic E-state index is 12.9. The first-order valence-electron chi connectivity index (χ1n) is 6.60. The molecule has 1 aliphatic rings. The van der Waals surface area contributed by atoms with Crippen LogP contribution in [0.3, 0.4) is 0 Å². The van der Waals surface area contributed by atoms with Crippen molar-refractivity contribution in [2.24, 2.45) is 0 Å². The summed E-state index contributed by atoms with van der Waals surface area (Å²) < 4.78 is 50.6. The van der Waals surface area contributed by atoms with Crippen LogP contribution in [-0.4, -0.2) is 53.5 Å². The minimum absolute atomic E-state index is 0.0441. The Morgan fingerprint density at radius 2 is 2.00 bits per heavy atom. The van der Waals surface area contributed by atoms with Crippen LogP contribution < -0.4 is 4.90 Å². The summed E-state index contributed by atoms with van der Waals surface area (Å²) in [7, 11) is -4.19. The van der Waals surface area contributed by atoms with Gasteiger partial charge in [-0.25, -0.2) is 14.4 Å². The van der Waals surface area contributed by atoms with E-state index in [4.69, 9.17) is 4.74 Å². The number of piperidine rings is 1. The number of hydrogen-bond acceptors (Lipinski definition) is 6.